The highest BCUT2D eigenvalue weighted by Gasteiger charge is 2.21. The Balaban J connectivity index is 1.80. The van der Waals surface area contributed by atoms with E-state index in [-0.39, 0.29) is 0 Å². The van der Waals surface area contributed by atoms with Gasteiger partial charge >= 0.3 is 0 Å². The lowest BCUT2D eigenvalue weighted by atomic mass is 9.87. The van der Waals surface area contributed by atoms with Crippen molar-refractivity contribution in [1.29, 1.82) is 0 Å². The molecule has 0 amide bonds. The summed E-state index contributed by atoms with van der Waals surface area (Å²) in [4.78, 5) is 7.19. The number of nitrogens with zero attached hydrogens (tertiary/aromatic N) is 2. The van der Waals surface area contributed by atoms with Crippen LogP contribution in [0.5, 0.6) is 0 Å². The predicted molar refractivity (Wildman–Crippen MR) is 77.7 cm³/mol. The second kappa shape index (κ2) is 6.64. The van der Waals surface area contributed by atoms with Crippen molar-refractivity contribution in [2.24, 2.45) is 17.6 Å². The second-order valence-corrected chi connectivity index (χ2v) is 6.57. The zero-order valence-corrected chi connectivity index (χ0v) is 12.4. The minimum absolute atomic E-state index is 0.701. The van der Waals surface area contributed by atoms with E-state index in [4.69, 9.17) is 5.73 Å². The molecule has 1 aliphatic heterocycles. The van der Waals surface area contributed by atoms with Crippen LogP contribution < -0.4 is 5.73 Å². The van der Waals surface area contributed by atoms with Crippen LogP contribution in [0.2, 0.25) is 0 Å². The lowest BCUT2D eigenvalue weighted by Gasteiger charge is -2.33. The van der Waals surface area contributed by atoms with Crippen molar-refractivity contribution in [2.45, 2.75) is 39.7 Å². The zero-order chi connectivity index (χ0) is 13.0. The predicted octanol–water partition coefficient (Wildman–Crippen LogP) is 2.51. The third kappa shape index (κ3) is 3.77. The van der Waals surface area contributed by atoms with Crippen molar-refractivity contribution in [2.75, 3.05) is 19.6 Å². The third-order valence-electron chi connectivity index (χ3n) is 3.92. The van der Waals surface area contributed by atoms with Gasteiger partial charge in [-0.25, -0.2) is 4.98 Å². The summed E-state index contributed by atoms with van der Waals surface area (Å²) in [5, 5.41) is 3.38. The Morgan fingerprint density at radius 2 is 2.17 bits per heavy atom. The average molecular weight is 267 g/mol. The van der Waals surface area contributed by atoms with Crippen LogP contribution in [0.4, 0.5) is 0 Å². The normalized spacial score (nSPS) is 18.7. The van der Waals surface area contributed by atoms with Crippen molar-refractivity contribution >= 4 is 11.3 Å². The SMILES string of the molecule is CC(C)C1CCN(Cc2csc(CCN)n2)CC1. The number of nitrogens with two attached hydrogens (primary N) is 1. The lowest BCUT2D eigenvalue weighted by Crippen LogP contribution is -2.34. The Labute approximate surface area is 114 Å². The van der Waals surface area contributed by atoms with Gasteiger partial charge in [0.1, 0.15) is 0 Å². The van der Waals surface area contributed by atoms with E-state index in [0.29, 0.717) is 6.54 Å². The van der Waals surface area contributed by atoms with Crippen LogP contribution in [0.1, 0.15) is 37.4 Å². The Hall–Kier alpha value is -0.450. The molecule has 0 aromatic carbocycles. The van der Waals surface area contributed by atoms with Crippen LogP contribution >= 0.6 is 11.3 Å². The van der Waals surface area contributed by atoms with E-state index < -0.39 is 0 Å². The van der Waals surface area contributed by atoms with Crippen LogP contribution in [-0.2, 0) is 13.0 Å². The van der Waals surface area contributed by atoms with Gasteiger partial charge in [0.15, 0.2) is 0 Å². The molecule has 1 aromatic rings. The summed E-state index contributed by atoms with van der Waals surface area (Å²) in [5.41, 5.74) is 6.78. The minimum atomic E-state index is 0.701. The number of hydrogen-bond donors (Lipinski definition) is 1. The van der Waals surface area contributed by atoms with E-state index in [9.17, 15) is 0 Å². The summed E-state index contributed by atoms with van der Waals surface area (Å²) in [6.07, 6.45) is 3.61. The van der Waals surface area contributed by atoms with Crippen LogP contribution in [0.15, 0.2) is 5.38 Å². The average Bonchev–Trinajstić information content (AvgIpc) is 2.78. The molecule has 4 heteroatoms. The molecule has 0 bridgehead atoms. The number of rotatable bonds is 5. The summed E-state index contributed by atoms with van der Waals surface area (Å²) in [6.45, 7) is 8.87. The zero-order valence-electron chi connectivity index (χ0n) is 11.6. The van der Waals surface area contributed by atoms with Crippen LogP contribution in [0.25, 0.3) is 0 Å². The maximum atomic E-state index is 5.55. The fourth-order valence-electron chi connectivity index (χ4n) is 2.67. The molecule has 102 valence electrons. The molecule has 18 heavy (non-hydrogen) atoms. The summed E-state index contributed by atoms with van der Waals surface area (Å²) in [7, 11) is 0. The van der Waals surface area contributed by atoms with Crippen molar-refractivity contribution in [1.82, 2.24) is 9.88 Å². The van der Waals surface area contributed by atoms with E-state index >= 15 is 0 Å². The fraction of sp³-hybridized carbons (Fsp3) is 0.786. The number of aromatic nitrogens is 1. The highest BCUT2D eigenvalue weighted by atomic mass is 32.1. The third-order valence-corrected chi connectivity index (χ3v) is 4.88. The molecule has 2 N–H and O–H groups in total. The molecule has 0 aliphatic carbocycles. The lowest BCUT2D eigenvalue weighted by molar-refractivity contribution is 0.151. The van der Waals surface area contributed by atoms with E-state index in [1.165, 1.54) is 36.6 Å². The molecule has 1 aliphatic rings. The van der Waals surface area contributed by atoms with Gasteiger partial charge in [-0.05, 0) is 44.3 Å². The minimum Gasteiger partial charge on any atom is -0.330 e. The Bertz CT molecular complexity index is 354. The highest BCUT2D eigenvalue weighted by molar-refractivity contribution is 7.09. The maximum Gasteiger partial charge on any atom is 0.0941 e. The van der Waals surface area contributed by atoms with E-state index in [0.717, 1.165) is 24.8 Å². The molecule has 2 rings (SSSR count). The van der Waals surface area contributed by atoms with Crippen LogP contribution in [0, 0.1) is 11.8 Å². The van der Waals surface area contributed by atoms with Gasteiger partial charge in [-0.1, -0.05) is 13.8 Å². The van der Waals surface area contributed by atoms with Gasteiger partial charge in [0.2, 0.25) is 0 Å². The Morgan fingerprint density at radius 1 is 1.44 bits per heavy atom. The summed E-state index contributed by atoms with van der Waals surface area (Å²) in [6, 6.07) is 0. The first-order valence-corrected chi connectivity index (χ1v) is 7.92. The Kier molecular flexibility index (Phi) is 5.15. The smallest absolute Gasteiger partial charge is 0.0941 e. The van der Waals surface area contributed by atoms with Crippen LogP contribution in [0.3, 0.4) is 0 Å². The summed E-state index contributed by atoms with van der Waals surface area (Å²) >= 11 is 1.75. The van der Waals surface area contributed by atoms with Gasteiger partial charge in [-0.3, -0.25) is 4.90 Å². The summed E-state index contributed by atoms with van der Waals surface area (Å²) < 4.78 is 0. The molecule has 0 radical (unpaired) electrons. The van der Waals surface area contributed by atoms with Gasteiger partial charge in [-0.2, -0.15) is 0 Å². The first-order valence-electron chi connectivity index (χ1n) is 7.04. The number of likely N-dealkylation sites (tertiary alicyclic amines) is 1. The van der Waals surface area contributed by atoms with Crippen molar-refractivity contribution in [3.05, 3.63) is 16.1 Å². The largest absolute Gasteiger partial charge is 0.330 e. The maximum absolute atomic E-state index is 5.55. The fourth-order valence-corrected chi connectivity index (χ4v) is 3.47. The topological polar surface area (TPSA) is 42.1 Å². The van der Waals surface area contributed by atoms with E-state index in [1.807, 2.05) is 0 Å². The van der Waals surface area contributed by atoms with Crippen molar-refractivity contribution < 1.29 is 0 Å². The van der Waals surface area contributed by atoms with Gasteiger partial charge in [-0.15, -0.1) is 11.3 Å². The monoisotopic (exact) mass is 267 g/mol. The molecule has 1 fully saturated rings. The van der Waals surface area contributed by atoms with Gasteiger partial charge in [0, 0.05) is 18.3 Å². The highest BCUT2D eigenvalue weighted by Crippen LogP contribution is 2.25. The molecule has 3 nitrogen and oxygen atoms in total. The molecular formula is C14H25N3S. The number of thiazole rings is 1. The molecule has 1 aromatic heterocycles. The second-order valence-electron chi connectivity index (χ2n) is 5.63. The van der Waals surface area contributed by atoms with Crippen LogP contribution in [-0.4, -0.2) is 29.5 Å². The summed E-state index contributed by atoms with van der Waals surface area (Å²) in [5.74, 6) is 1.76. The molecule has 2 heterocycles. The van der Waals surface area contributed by atoms with E-state index in [2.05, 4.69) is 29.1 Å². The molecule has 0 saturated carbocycles. The molecule has 0 unspecified atom stereocenters. The molecule has 0 atom stereocenters. The first-order chi connectivity index (χ1) is 8.69. The molecule has 0 spiro atoms. The standard InChI is InChI=1S/C14H25N3S/c1-11(2)12-4-7-17(8-5-12)9-13-10-18-14(16-13)3-6-15/h10-12H,3-9,15H2,1-2H3. The number of hydrogen-bond acceptors (Lipinski definition) is 4. The molecular weight excluding hydrogens is 242 g/mol. The van der Waals surface area contributed by atoms with Crippen molar-refractivity contribution in [3.8, 4) is 0 Å². The van der Waals surface area contributed by atoms with Gasteiger partial charge in [0.25, 0.3) is 0 Å². The van der Waals surface area contributed by atoms with E-state index in [1.54, 1.807) is 11.3 Å². The first kappa shape index (κ1) is 14.0. The van der Waals surface area contributed by atoms with Gasteiger partial charge in [0.05, 0.1) is 10.7 Å². The quantitative estimate of drug-likeness (QED) is 0.891. The van der Waals surface area contributed by atoms with Crippen molar-refractivity contribution in [3.63, 3.8) is 0 Å². The molecule has 1 saturated heterocycles. The Morgan fingerprint density at radius 3 is 2.78 bits per heavy atom. The number of piperidine rings is 1. The van der Waals surface area contributed by atoms with Gasteiger partial charge < -0.3 is 5.73 Å².